The zero-order valence-corrected chi connectivity index (χ0v) is 17.4. The predicted octanol–water partition coefficient (Wildman–Crippen LogP) is 4.33. The summed E-state index contributed by atoms with van der Waals surface area (Å²) in [5, 5.41) is 13.2. The van der Waals surface area contributed by atoms with Crippen molar-refractivity contribution in [2.45, 2.75) is 26.8 Å². The van der Waals surface area contributed by atoms with E-state index in [0.717, 1.165) is 28.5 Å². The summed E-state index contributed by atoms with van der Waals surface area (Å²) in [5.41, 5.74) is 3.70. The first-order chi connectivity index (χ1) is 14.4. The van der Waals surface area contributed by atoms with E-state index in [4.69, 9.17) is 4.74 Å². The number of rotatable bonds is 8. The molecule has 0 spiro atoms. The molecule has 0 aliphatic heterocycles. The van der Waals surface area contributed by atoms with E-state index in [1.54, 1.807) is 12.1 Å². The van der Waals surface area contributed by atoms with Crippen LogP contribution in [0.5, 0.6) is 5.75 Å². The van der Waals surface area contributed by atoms with E-state index in [9.17, 15) is 14.7 Å². The van der Waals surface area contributed by atoms with Crippen LogP contribution in [0.2, 0.25) is 0 Å². The van der Waals surface area contributed by atoms with Gasteiger partial charge in [0.25, 0.3) is 0 Å². The molecule has 3 rings (SSSR count). The minimum atomic E-state index is -0.985. The molecule has 0 fully saturated rings. The second-order valence-corrected chi connectivity index (χ2v) is 7.18. The maximum atomic E-state index is 12.1. The van der Waals surface area contributed by atoms with Crippen molar-refractivity contribution in [1.29, 1.82) is 0 Å². The van der Waals surface area contributed by atoms with Gasteiger partial charge in [-0.2, -0.15) is 0 Å². The summed E-state index contributed by atoms with van der Waals surface area (Å²) < 4.78 is 7.48. The van der Waals surface area contributed by atoms with E-state index in [2.05, 4.69) is 9.88 Å². The topological polar surface area (TPSA) is 80.6 Å². The molecule has 1 heterocycles. The molecular weight excluding hydrogens is 380 g/mol. The molecule has 156 valence electrons. The van der Waals surface area contributed by atoms with Gasteiger partial charge in [0.1, 0.15) is 5.75 Å². The Morgan fingerprint density at radius 2 is 1.97 bits per heavy atom. The molecule has 6 nitrogen and oxygen atoms in total. The van der Waals surface area contributed by atoms with Crippen LogP contribution in [0.4, 0.5) is 0 Å². The lowest BCUT2D eigenvalue weighted by Gasteiger charge is -2.12. The summed E-state index contributed by atoms with van der Waals surface area (Å²) >= 11 is 0. The fourth-order valence-corrected chi connectivity index (χ4v) is 3.31. The van der Waals surface area contributed by atoms with Crippen LogP contribution in [0, 0.1) is 0 Å². The molecule has 30 heavy (non-hydrogen) atoms. The number of fused-ring (bicyclic) bond motifs is 1. The van der Waals surface area contributed by atoms with Gasteiger partial charge in [-0.05, 0) is 54.6 Å². The van der Waals surface area contributed by atoms with Crippen molar-refractivity contribution in [1.82, 2.24) is 9.88 Å². The maximum Gasteiger partial charge on any atom is 0.335 e. The normalized spacial score (nSPS) is 11.5. The van der Waals surface area contributed by atoms with Crippen LogP contribution < -0.4 is 10.1 Å². The fourth-order valence-electron chi connectivity index (χ4n) is 3.31. The Bertz CT molecular complexity index is 1110. The van der Waals surface area contributed by atoms with Crippen LogP contribution >= 0.6 is 0 Å². The Morgan fingerprint density at radius 3 is 2.67 bits per heavy atom. The van der Waals surface area contributed by atoms with E-state index < -0.39 is 5.97 Å². The molecular formula is C24H26N2O4. The zero-order valence-electron chi connectivity index (χ0n) is 17.4. The SMILES string of the molecule is CCCNC(=O)C(C)=Cc1ccc2ccn(Cc3ccc(C(=O)O)cc3OC)c2c1. The monoisotopic (exact) mass is 406 g/mol. The molecule has 1 aromatic heterocycles. The number of benzene rings is 2. The Balaban J connectivity index is 1.90. The molecule has 0 aliphatic carbocycles. The van der Waals surface area contributed by atoms with Crippen molar-refractivity contribution in [2.24, 2.45) is 0 Å². The lowest BCUT2D eigenvalue weighted by atomic mass is 10.1. The number of hydrogen-bond donors (Lipinski definition) is 2. The average Bonchev–Trinajstić information content (AvgIpc) is 3.14. The molecule has 0 unspecified atom stereocenters. The summed E-state index contributed by atoms with van der Waals surface area (Å²) in [5.74, 6) is -0.507. The number of carbonyl (C=O) groups is 2. The molecule has 0 bridgehead atoms. The van der Waals surface area contributed by atoms with Crippen LogP contribution in [0.15, 0.2) is 54.2 Å². The number of aromatic nitrogens is 1. The van der Waals surface area contributed by atoms with Crippen molar-refractivity contribution in [3.05, 3.63) is 70.9 Å². The summed E-state index contributed by atoms with van der Waals surface area (Å²) in [6, 6.07) is 13.0. The van der Waals surface area contributed by atoms with Gasteiger partial charge in [-0.1, -0.05) is 25.1 Å². The Kier molecular flexibility index (Phi) is 6.57. The van der Waals surface area contributed by atoms with Crippen molar-refractivity contribution in [3.8, 4) is 5.75 Å². The molecule has 1 amide bonds. The first kappa shape index (κ1) is 21.2. The molecule has 0 atom stereocenters. The molecule has 6 heteroatoms. The Morgan fingerprint density at radius 1 is 1.17 bits per heavy atom. The van der Waals surface area contributed by atoms with Crippen LogP contribution in [-0.2, 0) is 11.3 Å². The highest BCUT2D eigenvalue weighted by Crippen LogP contribution is 2.25. The van der Waals surface area contributed by atoms with Crippen LogP contribution in [0.3, 0.4) is 0 Å². The Hall–Kier alpha value is -3.54. The molecule has 0 aliphatic rings. The highest BCUT2D eigenvalue weighted by molar-refractivity contribution is 5.97. The van der Waals surface area contributed by atoms with Gasteiger partial charge in [0.05, 0.1) is 19.2 Å². The van der Waals surface area contributed by atoms with E-state index in [0.29, 0.717) is 24.4 Å². The molecule has 2 aromatic carbocycles. The number of nitrogens with one attached hydrogen (secondary N) is 1. The predicted molar refractivity (Wildman–Crippen MR) is 118 cm³/mol. The molecule has 0 saturated carbocycles. The largest absolute Gasteiger partial charge is 0.496 e. The lowest BCUT2D eigenvalue weighted by Crippen LogP contribution is -2.24. The number of ether oxygens (including phenoxy) is 1. The lowest BCUT2D eigenvalue weighted by molar-refractivity contribution is -0.117. The van der Waals surface area contributed by atoms with Gasteiger partial charge >= 0.3 is 5.97 Å². The quantitative estimate of drug-likeness (QED) is 0.546. The number of carbonyl (C=O) groups excluding carboxylic acids is 1. The van der Waals surface area contributed by atoms with Gasteiger partial charge in [0, 0.05) is 29.4 Å². The highest BCUT2D eigenvalue weighted by Gasteiger charge is 2.11. The van der Waals surface area contributed by atoms with Crippen molar-refractivity contribution >= 4 is 28.9 Å². The number of amides is 1. The van der Waals surface area contributed by atoms with Crippen LogP contribution in [0.25, 0.3) is 17.0 Å². The van der Waals surface area contributed by atoms with Gasteiger partial charge in [-0.3, -0.25) is 4.79 Å². The number of methoxy groups -OCH3 is 1. The number of carboxylic acid groups (broad SMARTS) is 1. The van der Waals surface area contributed by atoms with Gasteiger partial charge < -0.3 is 19.7 Å². The number of aromatic carboxylic acids is 1. The third-order valence-electron chi connectivity index (χ3n) is 4.95. The summed E-state index contributed by atoms with van der Waals surface area (Å²) in [6.45, 7) is 5.03. The number of hydrogen-bond acceptors (Lipinski definition) is 3. The average molecular weight is 406 g/mol. The highest BCUT2D eigenvalue weighted by atomic mass is 16.5. The number of carboxylic acids is 1. The fraction of sp³-hybridized carbons (Fsp3) is 0.250. The summed E-state index contributed by atoms with van der Waals surface area (Å²) in [6.07, 6.45) is 4.77. The van der Waals surface area contributed by atoms with Gasteiger partial charge in [0.15, 0.2) is 0 Å². The third-order valence-corrected chi connectivity index (χ3v) is 4.95. The molecule has 0 radical (unpaired) electrons. The van der Waals surface area contributed by atoms with Crippen LogP contribution in [0.1, 0.15) is 41.8 Å². The second-order valence-electron chi connectivity index (χ2n) is 7.18. The van der Waals surface area contributed by atoms with Gasteiger partial charge in [-0.25, -0.2) is 4.79 Å². The molecule has 0 saturated heterocycles. The first-order valence-electron chi connectivity index (χ1n) is 9.88. The minimum Gasteiger partial charge on any atom is -0.496 e. The van der Waals surface area contributed by atoms with Gasteiger partial charge in [0.2, 0.25) is 5.91 Å². The minimum absolute atomic E-state index is 0.0596. The van der Waals surface area contributed by atoms with Gasteiger partial charge in [-0.15, -0.1) is 0 Å². The van der Waals surface area contributed by atoms with Crippen LogP contribution in [-0.4, -0.2) is 35.2 Å². The van der Waals surface area contributed by atoms with Crippen molar-refractivity contribution in [2.75, 3.05) is 13.7 Å². The smallest absolute Gasteiger partial charge is 0.335 e. The van der Waals surface area contributed by atoms with E-state index >= 15 is 0 Å². The van der Waals surface area contributed by atoms with Crippen molar-refractivity contribution in [3.63, 3.8) is 0 Å². The standard InChI is InChI=1S/C24H26N2O4/c1-4-10-25-23(27)16(2)12-17-5-6-18-9-11-26(21(18)13-17)15-20-8-7-19(24(28)29)14-22(20)30-3/h5-9,11-14H,4,10,15H2,1-3H3,(H,25,27)(H,28,29). The molecule has 2 N–H and O–H groups in total. The second kappa shape index (κ2) is 9.31. The third kappa shape index (κ3) is 4.71. The summed E-state index contributed by atoms with van der Waals surface area (Å²) in [7, 11) is 1.54. The van der Waals surface area contributed by atoms with E-state index in [-0.39, 0.29) is 11.5 Å². The van der Waals surface area contributed by atoms with Crippen molar-refractivity contribution < 1.29 is 19.4 Å². The zero-order chi connectivity index (χ0) is 21.7. The van der Waals surface area contributed by atoms with E-state index in [1.165, 1.54) is 13.2 Å². The first-order valence-corrected chi connectivity index (χ1v) is 9.88. The number of nitrogens with zero attached hydrogens (tertiary/aromatic N) is 1. The van der Waals surface area contributed by atoms with E-state index in [1.807, 2.05) is 50.4 Å². The Labute approximate surface area is 175 Å². The molecule has 3 aromatic rings. The summed E-state index contributed by atoms with van der Waals surface area (Å²) in [4.78, 5) is 23.3. The maximum absolute atomic E-state index is 12.1.